The number of aromatic carboxylic acids is 1. The van der Waals surface area contributed by atoms with Gasteiger partial charge in [0.15, 0.2) is 0 Å². The van der Waals surface area contributed by atoms with Crippen molar-refractivity contribution in [2.24, 2.45) is 0 Å². The number of hydrogen-bond acceptors (Lipinski definition) is 5. The molecule has 2 N–H and O–H groups in total. The Morgan fingerprint density at radius 1 is 1.27 bits per heavy atom. The van der Waals surface area contributed by atoms with Crippen molar-refractivity contribution in [2.75, 3.05) is 5.32 Å². The number of nitro groups is 1. The molecule has 8 nitrogen and oxygen atoms in total. The average molecular weight is 322 g/mol. The van der Waals surface area contributed by atoms with E-state index >= 15 is 0 Å². The summed E-state index contributed by atoms with van der Waals surface area (Å²) in [6.07, 6.45) is 1.32. The second kappa shape index (κ2) is 6.19. The van der Waals surface area contributed by atoms with Crippen LogP contribution in [0.2, 0.25) is 5.02 Å². The van der Waals surface area contributed by atoms with Crippen LogP contribution in [0.3, 0.4) is 0 Å². The molecule has 0 fully saturated rings. The van der Waals surface area contributed by atoms with Gasteiger partial charge in [0.25, 0.3) is 11.6 Å². The lowest BCUT2D eigenvalue weighted by atomic mass is 10.2. The van der Waals surface area contributed by atoms with Gasteiger partial charge in [-0.05, 0) is 18.2 Å². The minimum Gasteiger partial charge on any atom is -0.478 e. The van der Waals surface area contributed by atoms with Gasteiger partial charge in [0.1, 0.15) is 11.4 Å². The lowest BCUT2D eigenvalue weighted by Crippen LogP contribution is -2.16. The molecule has 112 valence electrons. The third-order valence-corrected chi connectivity index (χ3v) is 2.99. The van der Waals surface area contributed by atoms with Crippen molar-refractivity contribution in [3.8, 4) is 0 Å². The van der Waals surface area contributed by atoms with E-state index < -0.39 is 16.8 Å². The smallest absolute Gasteiger partial charge is 0.339 e. The van der Waals surface area contributed by atoms with Gasteiger partial charge >= 0.3 is 5.97 Å². The summed E-state index contributed by atoms with van der Waals surface area (Å²) in [7, 11) is 0. The Morgan fingerprint density at radius 2 is 2.00 bits per heavy atom. The van der Waals surface area contributed by atoms with Gasteiger partial charge in [-0.15, -0.1) is 0 Å². The molecule has 1 amide bonds. The van der Waals surface area contributed by atoms with Crippen molar-refractivity contribution >= 4 is 35.0 Å². The first-order valence-electron chi connectivity index (χ1n) is 5.83. The van der Waals surface area contributed by atoms with Crippen molar-refractivity contribution < 1.29 is 19.6 Å². The van der Waals surface area contributed by atoms with Crippen LogP contribution in [-0.4, -0.2) is 26.9 Å². The van der Waals surface area contributed by atoms with Crippen LogP contribution in [0, 0.1) is 10.1 Å². The van der Waals surface area contributed by atoms with E-state index in [1.165, 1.54) is 24.4 Å². The van der Waals surface area contributed by atoms with E-state index in [9.17, 15) is 19.7 Å². The average Bonchev–Trinajstić information content (AvgIpc) is 2.47. The van der Waals surface area contributed by atoms with Gasteiger partial charge in [0.05, 0.1) is 15.5 Å². The number of pyridine rings is 1. The number of nitrogens with one attached hydrogen (secondary N) is 1. The summed E-state index contributed by atoms with van der Waals surface area (Å²) in [5.41, 5.74) is -0.478. The number of carboxylic acid groups (broad SMARTS) is 1. The van der Waals surface area contributed by atoms with Crippen molar-refractivity contribution in [3.05, 3.63) is 62.8 Å². The molecule has 9 heteroatoms. The molecule has 0 bridgehead atoms. The number of nitro benzene ring substituents is 1. The van der Waals surface area contributed by atoms with Crippen molar-refractivity contribution in [1.82, 2.24) is 4.98 Å². The second-order valence-electron chi connectivity index (χ2n) is 4.08. The fourth-order valence-electron chi connectivity index (χ4n) is 1.65. The largest absolute Gasteiger partial charge is 0.478 e. The van der Waals surface area contributed by atoms with Crippen LogP contribution in [0.5, 0.6) is 0 Å². The molecule has 0 unspecified atom stereocenters. The number of carbonyl (C=O) groups is 2. The minimum atomic E-state index is -1.25. The van der Waals surface area contributed by atoms with E-state index in [0.717, 1.165) is 12.1 Å². The lowest BCUT2D eigenvalue weighted by molar-refractivity contribution is -0.384. The summed E-state index contributed by atoms with van der Waals surface area (Å²) in [4.78, 5) is 36.9. The van der Waals surface area contributed by atoms with Crippen molar-refractivity contribution in [1.29, 1.82) is 0 Å². The van der Waals surface area contributed by atoms with Crippen LogP contribution in [-0.2, 0) is 0 Å². The summed E-state index contributed by atoms with van der Waals surface area (Å²) in [5.74, 6) is -2.12. The zero-order chi connectivity index (χ0) is 16.3. The predicted molar refractivity (Wildman–Crippen MR) is 77.3 cm³/mol. The number of hydrogen-bond donors (Lipinski definition) is 2. The highest BCUT2D eigenvalue weighted by atomic mass is 35.5. The molecular formula is C13H8ClN3O5. The first kappa shape index (κ1) is 15.4. The lowest BCUT2D eigenvalue weighted by Gasteiger charge is -2.08. The van der Waals surface area contributed by atoms with Gasteiger partial charge in [-0.1, -0.05) is 11.6 Å². The Morgan fingerprint density at radius 3 is 2.59 bits per heavy atom. The summed E-state index contributed by atoms with van der Waals surface area (Å²) in [5, 5.41) is 21.8. The minimum absolute atomic E-state index is 0.0331. The highest BCUT2D eigenvalue weighted by Crippen LogP contribution is 2.23. The van der Waals surface area contributed by atoms with Gasteiger partial charge in [-0.3, -0.25) is 14.9 Å². The highest BCUT2D eigenvalue weighted by molar-refractivity contribution is 6.34. The Bertz CT molecular complexity index is 778. The van der Waals surface area contributed by atoms with Crippen LogP contribution < -0.4 is 5.32 Å². The molecule has 2 aromatic rings. The maximum Gasteiger partial charge on any atom is 0.339 e. The summed E-state index contributed by atoms with van der Waals surface area (Å²) in [6.45, 7) is 0. The van der Waals surface area contributed by atoms with Gasteiger partial charge in [-0.25, -0.2) is 9.78 Å². The maximum absolute atomic E-state index is 12.1. The number of aromatic nitrogens is 1. The number of amides is 1. The molecule has 1 heterocycles. The normalized spacial score (nSPS) is 10.0. The maximum atomic E-state index is 12.1. The highest BCUT2D eigenvalue weighted by Gasteiger charge is 2.18. The zero-order valence-corrected chi connectivity index (χ0v) is 11.6. The topological polar surface area (TPSA) is 122 Å². The molecule has 0 aliphatic carbocycles. The number of anilines is 1. The number of benzene rings is 1. The number of nitrogens with zero attached hydrogens (tertiary/aromatic N) is 2. The monoisotopic (exact) mass is 321 g/mol. The molecule has 0 atom stereocenters. The SMILES string of the molecule is O=C(Nc1ncccc1C(=O)O)c1ccc([N+](=O)[O-])cc1Cl. The molecule has 0 aliphatic heterocycles. The number of rotatable bonds is 4. The van der Waals surface area contributed by atoms with Crippen molar-refractivity contribution in [3.63, 3.8) is 0 Å². The third kappa shape index (κ3) is 3.18. The Labute approximate surface area is 128 Å². The predicted octanol–water partition coefficient (Wildman–Crippen LogP) is 2.59. The van der Waals surface area contributed by atoms with Gasteiger partial charge in [0, 0.05) is 18.3 Å². The standard InChI is InChI=1S/C13H8ClN3O5/c14-10-6-7(17(21)22)3-4-8(10)12(18)16-11-9(13(19)20)2-1-5-15-11/h1-6H,(H,19,20)(H,15,16,18). The van der Waals surface area contributed by atoms with E-state index in [2.05, 4.69) is 10.3 Å². The van der Waals surface area contributed by atoms with Crippen LogP contribution in [0.15, 0.2) is 36.5 Å². The molecule has 1 aromatic heterocycles. The van der Waals surface area contributed by atoms with Gasteiger partial charge in [0.2, 0.25) is 0 Å². The van der Waals surface area contributed by atoms with Crippen LogP contribution in [0.1, 0.15) is 20.7 Å². The zero-order valence-electron chi connectivity index (χ0n) is 10.8. The fourth-order valence-corrected chi connectivity index (χ4v) is 1.91. The number of halogens is 1. The summed E-state index contributed by atoms with van der Waals surface area (Å²) >= 11 is 5.83. The summed E-state index contributed by atoms with van der Waals surface area (Å²) in [6, 6.07) is 6.03. The number of carboxylic acids is 1. The molecule has 0 spiro atoms. The summed E-state index contributed by atoms with van der Waals surface area (Å²) < 4.78 is 0. The van der Waals surface area contributed by atoms with Gasteiger partial charge in [-0.2, -0.15) is 0 Å². The molecule has 0 saturated heterocycles. The third-order valence-electron chi connectivity index (χ3n) is 2.68. The van der Waals surface area contributed by atoms with Gasteiger partial charge < -0.3 is 10.4 Å². The van der Waals surface area contributed by atoms with E-state index in [1.807, 2.05) is 0 Å². The molecule has 2 rings (SSSR count). The molecule has 1 aromatic carbocycles. The Hall–Kier alpha value is -3.00. The Balaban J connectivity index is 2.31. The number of non-ortho nitro benzene ring substituents is 1. The van der Waals surface area contributed by atoms with Crippen LogP contribution >= 0.6 is 11.6 Å². The first-order valence-corrected chi connectivity index (χ1v) is 6.21. The molecule has 0 aliphatic rings. The second-order valence-corrected chi connectivity index (χ2v) is 4.49. The fraction of sp³-hybridized carbons (Fsp3) is 0. The van der Waals surface area contributed by atoms with E-state index in [4.69, 9.17) is 16.7 Å². The van der Waals surface area contributed by atoms with E-state index in [-0.39, 0.29) is 27.7 Å². The van der Waals surface area contributed by atoms with E-state index in [0.29, 0.717) is 0 Å². The molecule has 0 radical (unpaired) electrons. The Kier molecular flexibility index (Phi) is 4.33. The molecule has 22 heavy (non-hydrogen) atoms. The van der Waals surface area contributed by atoms with Crippen LogP contribution in [0.4, 0.5) is 11.5 Å². The molecule has 0 saturated carbocycles. The van der Waals surface area contributed by atoms with E-state index in [1.54, 1.807) is 0 Å². The first-order chi connectivity index (χ1) is 10.4. The van der Waals surface area contributed by atoms with Crippen molar-refractivity contribution in [2.45, 2.75) is 0 Å². The van der Waals surface area contributed by atoms with Crippen LogP contribution in [0.25, 0.3) is 0 Å². The quantitative estimate of drug-likeness (QED) is 0.659. The number of carbonyl (C=O) groups excluding carboxylic acids is 1. The molecular weight excluding hydrogens is 314 g/mol.